The van der Waals surface area contributed by atoms with Crippen LogP contribution in [-0.2, 0) is 9.59 Å². The molecule has 0 aliphatic carbocycles. The monoisotopic (exact) mass is 507 g/mol. The van der Waals surface area contributed by atoms with Crippen LogP contribution in [-0.4, -0.2) is 35.0 Å². The number of methoxy groups -OCH3 is 1. The van der Waals surface area contributed by atoms with E-state index in [0.29, 0.717) is 17.0 Å². The molecule has 13 heteroatoms. The molecule has 2 amide bonds. The molecule has 1 unspecified atom stereocenters. The maximum Gasteiger partial charge on any atom is 0.318 e. The van der Waals surface area contributed by atoms with Gasteiger partial charge in [0, 0.05) is 11.8 Å². The molecule has 190 valence electrons. The van der Waals surface area contributed by atoms with E-state index in [1.807, 2.05) is 0 Å². The molecular weight excluding hydrogens is 486 g/mol. The molecule has 2 N–H and O–H groups in total. The van der Waals surface area contributed by atoms with Gasteiger partial charge >= 0.3 is 5.69 Å². The number of nitro groups is 2. The van der Waals surface area contributed by atoms with Crippen molar-refractivity contribution in [1.82, 2.24) is 5.43 Å². The van der Waals surface area contributed by atoms with Crippen LogP contribution >= 0.6 is 0 Å². The Hall–Kier alpha value is -5.33. The van der Waals surface area contributed by atoms with Gasteiger partial charge in [0.1, 0.15) is 17.4 Å². The highest BCUT2D eigenvalue weighted by Gasteiger charge is 2.22. The number of nitro benzene ring substituents is 2. The highest BCUT2D eigenvalue weighted by molar-refractivity contribution is 6.06. The predicted octanol–water partition coefficient (Wildman–Crippen LogP) is 4.03. The SMILES string of the molecule is COc1ccc(NC(=O)C(C)C(=O)NN=Cc2cccc(Oc3ccc([N+](=O)[O-])cc3[N+](=O)[O-])c2)cc1. The molecule has 37 heavy (non-hydrogen) atoms. The second-order valence-electron chi connectivity index (χ2n) is 7.51. The number of anilines is 1. The highest BCUT2D eigenvalue weighted by atomic mass is 16.6. The van der Waals surface area contributed by atoms with Crippen LogP contribution in [0.15, 0.2) is 71.8 Å². The summed E-state index contributed by atoms with van der Waals surface area (Å²) in [5.74, 6) is -1.58. The van der Waals surface area contributed by atoms with Gasteiger partial charge in [-0.3, -0.25) is 29.8 Å². The van der Waals surface area contributed by atoms with E-state index in [2.05, 4.69) is 15.8 Å². The molecule has 0 bridgehead atoms. The average molecular weight is 507 g/mol. The van der Waals surface area contributed by atoms with Crippen LogP contribution in [0.2, 0.25) is 0 Å². The summed E-state index contributed by atoms with van der Waals surface area (Å²) in [6, 6.07) is 15.9. The maximum absolute atomic E-state index is 12.3. The number of non-ortho nitro benzene ring substituents is 1. The summed E-state index contributed by atoms with van der Waals surface area (Å²) >= 11 is 0. The molecule has 0 saturated carbocycles. The normalized spacial score (nSPS) is 11.4. The maximum atomic E-state index is 12.3. The summed E-state index contributed by atoms with van der Waals surface area (Å²) in [5.41, 5.74) is 2.24. The van der Waals surface area contributed by atoms with E-state index >= 15 is 0 Å². The van der Waals surface area contributed by atoms with E-state index in [9.17, 15) is 29.8 Å². The zero-order valence-electron chi connectivity index (χ0n) is 19.6. The van der Waals surface area contributed by atoms with Gasteiger partial charge in [-0.25, -0.2) is 5.43 Å². The highest BCUT2D eigenvalue weighted by Crippen LogP contribution is 2.34. The van der Waals surface area contributed by atoms with Gasteiger partial charge in [0.25, 0.3) is 11.6 Å². The third-order valence-electron chi connectivity index (χ3n) is 4.97. The van der Waals surface area contributed by atoms with Gasteiger partial charge in [-0.15, -0.1) is 0 Å². The number of carbonyl (C=O) groups is 2. The smallest absolute Gasteiger partial charge is 0.318 e. The Morgan fingerprint density at radius 1 is 0.946 bits per heavy atom. The Morgan fingerprint density at radius 2 is 1.68 bits per heavy atom. The van der Waals surface area contributed by atoms with E-state index in [0.717, 1.165) is 18.2 Å². The Kier molecular flexibility index (Phi) is 8.44. The van der Waals surface area contributed by atoms with Crippen molar-refractivity contribution in [3.05, 3.63) is 92.5 Å². The number of hydrogen-bond donors (Lipinski definition) is 2. The van der Waals surface area contributed by atoms with E-state index < -0.39 is 39.0 Å². The summed E-state index contributed by atoms with van der Waals surface area (Å²) in [6.07, 6.45) is 1.29. The lowest BCUT2D eigenvalue weighted by molar-refractivity contribution is -0.394. The van der Waals surface area contributed by atoms with Gasteiger partial charge in [-0.05, 0) is 55.0 Å². The van der Waals surface area contributed by atoms with E-state index in [1.54, 1.807) is 36.4 Å². The van der Waals surface area contributed by atoms with Gasteiger partial charge in [-0.1, -0.05) is 12.1 Å². The van der Waals surface area contributed by atoms with Crippen molar-refractivity contribution in [2.45, 2.75) is 6.92 Å². The Morgan fingerprint density at radius 3 is 2.32 bits per heavy atom. The first kappa shape index (κ1) is 26.3. The number of hydrogen-bond acceptors (Lipinski definition) is 9. The Balaban J connectivity index is 1.61. The minimum atomic E-state index is -1.04. The van der Waals surface area contributed by atoms with Crippen LogP contribution in [0.3, 0.4) is 0 Å². The molecule has 1 atom stereocenters. The van der Waals surface area contributed by atoms with E-state index in [1.165, 1.54) is 32.4 Å². The number of amides is 2. The quantitative estimate of drug-likeness (QED) is 0.179. The molecule has 13 nitrogen and oxygen atoms in total. The molecule has 3 aromatic rings. The summed E-state index contributed by atoms with van der Waals surface area (Å²) in [6.45, 7) is 1.43. The second kappa shape index (κ2) is 11.9. The lowest BCUT2D eigenvalue weighted by atomic mass is 10.1. The standard InChI is InChI=1S/C24H21N5O8/c1-15(23(30)26-17-6-9-19(36-2)10-7-17)24(31)27-25-14-16-4-3-5-20(12-16)37-22-11-8-18(28(32)33)13-21(22)29(34)35/h3-15H,1-2H3,(H,26,30)(H,27,31). The molecule has 0 heterocycles. The number of nitrogens with one attached hydrogen (secondary N) is 2. The van der Waals surface area contributed by atoms with Crippen molar-refractivity contribution in [3.63, 3.8) is 0 Å². The number of carbonyl (C=O) groups excluding carboxylic acids is 2. The molecule has 3 aromatic carbocycles. The van der Waals surface area contributed by atoms with Crippen molar-refractivity contribution in [1.29, 1.82) is 0 Å². The predicted molar refractivity (Wildman–Crippen MR) is 133 cm³/mol. The average Bonchev–Trinajstić information content (AvgIpc) is 2.88. The summed E-state index contributed by atoms with van der Waals surface area (Å²) in [4.78, 5) is 45.3. The van der Waals surface area contributed by atoms with Crippen molar-refractivity contribution in [2.24, 2.45) is 11.0 Å². The summed E-state index contributed by atoms with van der Waals surface area (Å²) in [5, 5.41) is 28.7. The Bertz CT molecular complexity index is 1360. The third-order valence-corrected chi connectivity index (χ3v) is 4.97. The minimum absolute atomic E-state index is 0.185. The Labute approximate surface area is 210 Å². The van der Waals surface area contributed by atoms with Crippen molar-refractivity contribution in [3.8, 4) is 17.2 Å². The molecule has 0 aromatic heterocycles. The fourth-order valence-corrected chi connectivity index (χ4v) is 2.94. The number of ether oxygens (including phenoxy) is 2. The van der Waals surface area contributed by atoms with Gasteiger partial charge < -0.3 is 14.8 Å². The molecule has 0 aliphatic heterocycles. The van der Waals surface area contributed by atoms with Crippen LogP contribution in [0, 0.1) is 26.1 Å². The summed E-state index contributed by atoms with van der Waals surface area (Å²) in [7, 11) is 1.52. The van der Waals surface area contributed by atoms with Gasteiger partial charge in [0.05, 0.1) is 29.2 Å². The molecule has 0 fully saturated rings. The van der Waals surface area contributed by atoms with Crippen molar-refractivity contribution in [2.75, 3.05) is 12.4 Å². The third kappa shape index (κ3) is 7.08. The molecule has 0 radical (unpaired) electrons. The van der Waals surface area contributed by atoms with Gasteiger partial charge in [0.15, 0.2) is 0 Å². The molecule has 0 spiro atoms. The van der Waals surface area contributed by atoms with Crippen LogP contribution < -0.4 is 20.2 Å². The van der Waals surface area contributed by atoms with Crippen LogP contribution in [0.1, 0.15) is 12.5 Å². The fraction of sp³-hybridized carbons (Fsp3) is 0.125. The molecular formula is C24H21N5O8. The lowest BCUT2D eigenvalue weighted by Gasteiger charge is -2.11. The number of hydrazone groups is 1. The van der Waals surface area contributed by atoms with Crippen LogP contribution in [0.5, 0.6) is 17.2 Å². The molecule has 3 rings (SSSR count). The van der Waals surface area contributed by atoms with Gasteiger partial charge in [0.2, 0.25) is 11.7 Å². The molecule has 0 saturated heterocycles. The topological polar surface area (TPSA) is 175 Å². The molecule has 0 aliphatic rings. The first-order valence-electron chi connectivity index (χ1n) is 10.7. The van der Waals surface area contributed by atoms with Crippen LogP contribution in [0.25, 0.3) is 0 Å². The number of nitrogens with zero attached hydrogens (tertiary/aromatic N) is 3. The zero-order chi connectivity index (χ0) is 26.9. The van der Waals surface area contributed by atoms with E-state index in [4.69, 9.17) is 9.47 Å². The second-order valence-corrected chi connectivity index (χ2v) is 7.51. The number of rotatable bonds is 10. The van der Waals surface area contributed by atoms with E-state index in [-0.39, 0.29) is 11.5 Å². The first-order valence-corrected chi connectivity index (χ1v) is 10.7. The fourth-order valence-electron chi connectivity index (χ4n) is 2.94. The minimum Gasteiger partial charge on any atom is -0.497 e. The zero-order valence-corrected chi connectivity index (χ0v) is 19.6. The van der Waals surface area contributed by atoms with Crippen LogP contribution in [0.4, 0.5) is 17.1 Å². The van der Waals surface area contributed by atoms with Gasteiger partial charge in [-0.2, -0.15) is 5.10 Å². The van der Waals surface area contributed by atoms with Crippen molar-refractivity contribution < 1.29 is 28.9 Å². The largest absolute Gasteiger partial charge is 0.497 e. The van der Waals surface area contributed by atoms with Crippen molar-refractivity contribution >= 4 is 35.1 Å². The number of benzene rings is 3. The summed E-state index contributed by atoms with van der Waals surface area (Å²) < 4.78 is 10.6. The first-order chi connectivity index (χ1) is 17.7. The lowest BCUT2D eigenvalue weighted by Crippen LogP contribution is -2.34.